The van der Waals surface area contributed by atoms with E-state index in [1.54, 1.807) is 0 Å². The first-order valence-corrected chi connectivity index (χ1v) is 4.51. The van der Waals surface area contributed by atoms with Crippen molar-refractivity contribution >= 4 is 5.91 Å². The topological polar surface area (TPSA) is 66.6 Å². The van der Waals surface area contributed by atoms with Crippen LogP contribution in [-0.4, -0.2) is 22.1 Å². The summed E-state index contributed by atoms with van der Waals surface area (Å²) in [4.78, 5) is 11.2. The van der Waals surface area contributed by atoms with Crippen molar-refractivity contribution in [2.75, 3.05) is 0 Å². The molecule has 2 unspecified atom stereocenters. The van der Waals surface area contributed by atoms with Crippen LogP contribution in [-0.2, 0) is 4.79 Å². The molecular formula is C10H12N2O2. The molecule has 2 rings (SSSR count). The molecule has 1 aromatic rings. The highest BCUT2D eigenvalue weighted by atomic mass is 16.3. The molecule has 1 heterocycles. The summed E-state index contributed by atoms with van der Waals surface area (Å²) in [5.41, 5.74) is 0.958. The van der Waals surface area contributed by atoms with Gasteiger partial charge < -0.3 is 5.11 Å². The molecule has 1 aliphatic rings. The van der Waals surface area contributed by atoms with Crippen LogP contribution in [0.25, 0.3) is 0 Å². The molecule has 4 nitrogen and oxygen atoms in total. The van der Waals surface area contributed by atoms with E-state index in [1.807, 2.05) is 30.3 Å². The lowest BCUT2D eigenvalue weighted by molar-refractivity contribution is -0.135. The molecule has 1 amide bonds. The van der Waals surface area contributed by atoms with E-state index in [4.69, 9.17) is 5.84 Å². The highest BCUT2D eigenvalue weighted by Gasteiger charge is 2.37. The highest BCUT2D eigenvalue weighted by molar-refractivity contribution is 5.82. The maximum absolute atomic E-state index is 11.2. The van der Waals surface area contributed by atoms with E-state index in [0.717, 1.165) is 10.6 Å². The summed E-state index contributed by atoms with van der Waals surface area (Å²) >= 11 is 0. The lowest BCUT2D eigenvalue weighted by Crippen LogP contribution is -2.36. The Labute approximate surface area is 81.9 Å². The van der Waals surface area contributed by atoms with Crippen LogP contribution in [0, 0.1) is 0 Å². The molecule has 0 spiro atoms. The number of hydrogen-bond donors (Lipinski definition) is 2. The zero-order chi connectivity index (χ0) is 10.1. The van der Waals surface area contributed by atoms with E-state index in [9.17, 15) is 9.90 Å². The van der Waals surface area contributed by atoms with Gasteiger partial charge in [0.2, 0.25) is 0 Å². The van der Waals surface area contributed by atoms with Gasteiger partial charge in [-0.25, -0.2) is 5.84 Å². The number of amides is 1. The third-order valence-corrected chi connectivity index (χ3v) is 2.51. The van der Waals surface area contributed by atoms with Crippen molar-refractivity contribution < 1.29 is 9.90 Å². The summed E-state index contributed by atoms with van der Waals surface area (Å²) < 4.78 is 0. The smallest absolute Gasteiger partial charge is 0.265 e. The van der Waals surface area contributed by atoms with Crippen LogP contribution in [0.3, 0.4) is 0 Å². The number of rotatable bonds is 1. The second-order valence-electron chi connectivity index (χ2n) is 3.42. The third-order valence-electron chi connectivity index (χ3n) is 2.51. The van der Waals surface area contributed by atoms with Crippen molar-refractivity contribution in [2.24, 2.45) is 5.84 Å². The number of nitrogens with zero attached hydrogens (tertiary/aromatic N) is 1. The van der Waals surface area contributed by atoms with Gasteiger partial charge in [-0.2, -0.15) is 0 Å². The summed E-state index contributed by atoms with van der Waals surface area (Å²) in [6.45, 7) is 0. The lowest BCUT2D eigenvalue weighted by Gasteiger charge is -2.18. The van der Waals surface area contributed by atoms with Crippen molar-refractivity contribution in [3.05, 3.63) is 35.9 Å². The summed E-state index contributed by atoms with van der Waals surface area (Å²) in [6.07, 6.45) is -0.579. The van der Waals surface area contributed by atoms with E-state index in [2.05, 4.69) is 0 Å². The van der Waals surface area contributed by atoms with Gasteiger partial charge in [-0.3, -0.25) is 9.80 Å². The zero-order valence-electron chi connectivity index (χ0n) is 7.63. The fraction of sp³-hybridized carbons (Fsp3) is 0.300. The van der Waals surface area contributed by atoms with Gasteiger partial charge in [-0.05, 0) is 5.56 Å². The minimum absolute atomic E-state index is 0.196. The lowest BCUT2D eigenvalue weighted by atomic mass is 10.0. The molecule has 1 saturated heterocycles. The number of carbonyl (C=O) groups is 1. The van der Waals surface area contributed by atoms with Crippen LogP contribution in [0.4, 0.5) is 0 Å². The first kappa shape index (κ1) is 9.18. The Morgan fingerprint density at radius 1 is 1.36 bits per heavy atom. The number of aliphatic hydroxyl groups excluding tert-OH is 1. The number of benzene rings is 1. The maximum atomic E-state index is 11.2. The Morgan fingerprint density at radius 3 is 2.50 bits per heavy atom. The van der Waals surface area contributed by atoms with Crippen LogP contribution in [0.2, 0.25) is 0 Å². The Hall–Kier alpha value is -1.39. The van der Waals surface area contributed by atoms with Crippen molar-refractivity contribution in [1.29, 1.82) is 0 Å². The van der Waals surface area contributed by atoms with Gasteiger partial charge in [0.05, 0.1) is 6.04 Å². The van der Waals surface area contributed by atoms with E-state index < -0.39 is 12.0 Å². The van der Waals surface area contributed by atoms with Crippen LogP contribution in [0.15, 0.2) is 30.3 Å². The fourth-order valence-corrected chi connectivity index (χ4v) is 1.72. The Balaban J connectivity index is 2.26. The minimum Gasteiger partial charge on any atom is -0.383 e. The van der Waals surface area contributed by atoms with Gasteiger partial charge in [-0.15, -0.1) is 0 Å². The Morgan fingerprint density at radius 2 is 2.00 bits per heavy atom. The molecule has 0 radical (unpaired) electrons. The number of hydrogen-bond acceptors (Lipinski definition) is 3. The standard InChI is InChI=1S/C10H12N2O2/c11-12-8(6-9(13)10(12)14)7-4-2-1-3-5-7/h1-5,8-9,13H,6,11H2. The number of aliphatic hydroxyl groups is 1. The minimum atomic E-state index is -0.954. The Bertz CT molecular complexity index is 339. The molecule has 0 saturated carbocycles. The van der Waals surface area contributed by atoms with E-state index in [0.29, 0.717) is 6.42 Å². The molecule has 2 atom stereocenters. The molecular weight excluding hydrogens is 180 g/mol. The van der Waals surface area contributed by atoms with E-state index >= 15 is 0 Å². The molecule has 3 N–H and O–H groups in total. The van der Waals surface area contributed by atoms with Gasteiger partial charge in [0.1, 0.15) is 6.10 Å². The maximum Gasteiger partial charge on any atom is 0.265 e. The average molecular weight is 192 g/mol. The molecule has 1 aromatic carbocycles. The molecule has 1 fully saturated rings. The molecule has 4 heteroatoms. The third kappa shape index (κ3) is 1.38. The Kier molecular flexibility index (Phi) is 2.23. The highest BCUT2D eigenvalue weighted by Crippen LogP contribution is 2.29. The van der Waals surface area contributed by atoms with Gasteiger partial charge in [0.25, 0.3) is 5.91 Å². The van der Waals surface area contributed by atoms with Crippen molar-refractivity contribution in [2.45, 2.75) is 18.6 Å². The summed E-state index contributed by atoms with van der Waals surface area (Å²) in [5, 5.41) is 10.4. The molecule has 74 valence electrons. The fourth-order valence-electron chi connectivity index (χ4n) is 1.72. The van der Waals surface area contributed by atoms with Gasteiger partial charge in [-0.1, -0.05) is 30.3 Å². The normalized spacial score (nSPS) is 27.0. The second kappa shape index (κ2) is 3.40. The first-order valence-electron chi connectivity index (χ1n) is 4.51. The first-order chi connectivity index (χ1) is 6.70. The van der Waals surface area contributed by atoms with Crippen LogP contribution in [0.5, 0.6) is 0 Å². The van der Waals surface area contributed by atoms with E-state index in [-0.39, 0.29) is 6.04 Å². The molecule has 0 bridgehead atoms. The second-order valence-corrected chi connectivity index (χ2v) is 3.42. The summed E-state index contributed by atoms with van der Waals surface area (Å²) in [7, 11) is 0. The predicted molar refractivity (Wildman–Crippen MR) is 50.8 cm³/mol. The van der Waals surface area contributed by atoms with Crippen molar-refractivity contribution in [1.82, 2.24) is 5.01 Å². The number of hydrazine groups is 1. The molecule has 0 aliphatic carbocycles. The quantitative estimate of drug-likeness (QED) is 0.493. The van der Waals surface area contributed by atoms with Crippen molar-refractivity contribution in [3.8, 4) is 0 Å². The molecule has 14 heavy (non-hydrogen) atoms. The molecule has 1 aliphatic heterocycles. The van der Waals surface area contributed by atoms with Crippen LogP contribution >= 0.6 is 0 Å². The summed E-state index contributed by atoms with van der Waals surface area (Å²) in [6, 6.07) is 9.28. The summed E-state index contributed by atoms with van der Waals surface area (Å²) in [5.74, 6) is 5.16. The van der Waals surface area contributed by atoms with E-state index in [1.165, 1.54) is 0 Å². The largest absolute Gasteiger partial charge is 0.383 e. The zero-order valence-corrected chi connectivity index (χ0v) is 7.63. The number of carbonyl (C=O) groups excluding carboxylic acids is 1. The van der Waals surface area contributed by atoms with Crippen LogP contribution < -0.4 is 5.84 Å². The van der Waals surface area contributed by atoms with Gasteiger partial charge in [0, 0.05) is 6.42 Å². The SMILES string of the molecule is NN1C(=O)C(O)CC1c1ccccc1. The van der Waals surface area contributed by atoms with Gasteiger partial charge in [0.15, 0.2) is 0 Å². The predicted octanol–water partition coefficient (Wildman–Crippen LogP) is 0.195. The molecule has 0 aromatic heterocycles. The van der Waals surface area contributed by atoms with Gasteiger partial charge >= 0.3 is 0 Å². The monoisotopic (exact) mass is 192 g/mol. The van der Waals surface area contributed by atoms with Crippen LogP contribution in [0.1, 0.15) is 18.0 Å². The number of nitrogens with two attached hydrogens (primary N) is 1. The average Bonchev–Trinajstić information content (AvgIpc) is 2.47. The van der Waals surface area contributed by atoms with Crippen molar-refractivity contribution in [3.63, 3.8) is 0 Å².